The molecule has 1 aliphatic heterocycles. The van der Waals surface area contributed by atoms with Gasteiger partial charge in [-0.05, 0) is 56.4 Å². The highest BCUT2D eigenvalue weighted by Gasteiger charge is 2.41. The Bertz CT molecular complexity index is 766. The number of methoxy groups -OCH3 is 1. The van der Waals surface area contributed by atoms with Gasteiger partial charge in [-0.25, -0.2) is 4.79 Å². The number of fused-ring (bicyclic) bond motifs is 1. The van der Waals surface area contributed by atoms with Crippen LogP contribution in [-0.4, -0.2) is 37.7 Å². The molecular formula is C21H26O6. The molecular weight excluding hydrogens is 348 g/mol. The lowest BCUT2D eigenvalue weighted by Gasteiger charge is -2.37. The van der Waals surface area contributed by atoms with Gasteiger partial charge >= 0.3 is 5.97 Å². The molecule has 1 aliphatic carbocycles. The fourth-order valence-electron chi connectivity index (χ4n) is 3.63. The van der Waals surface area contributed by atoms with E-state index in [0.29, 0.717) is 25.0 Å². The third-order valence-corrected chi connectivity index (χ3v) is 5.32. The van der Waals surface area contributed by atoms with E-state index in [9.17, 15) is 9.59 Å². The maximum atomic E-state index is 12.9. The van der Waals surface area contributed by atoms with Crippen molar-refractivity contribution in [3.05, 3.63) is 40.8 Å². The highest BCUT2D eigenvalue weighted by Crippen LogP contribution is 2.36. The number of carbonyl (C=O) groups is 2. The number of hydrogen-bond donors (Lipinski definition) is 0. The Balaban J connectivity index is 1.66. The molecule has 1 saturated carbocycles. The Morgan fingerprint density at radius 2 is 2.00 bits per heavy atom. The van der Waals surface area contributed by atoms with Gasteiger partial charge in [-0.3, -0.25) is 4.79 Å². The summed E-state index contributed by atoms with van der Waals surface area (Å²) in [6, 6.07) is 4.02. The average Bonchev–Trinajstić information content (AvgIpc) is 2.65. The summed E-state index contributed by atoms with van der Waals surface area (Å²) in [7, 11) is 1.33. The first-order valence-corrected chi connectivity index (χ1v) is 9.23. The van der Waals surface area contributed by atoms with Crippen LogP contribution in [0.3, 0.4) is 0 Å². The van der Waals surface area contributed by atoms with E-state index in [4.69, 9.17) is 14.2 Å². The second-order valence-corrected chi connectivity index (χ2v) is 7.26. The molecule has 146 valence electrons. The van der Waals surface area contributed by atoms with Crippen LogP contribution in [-0.2, 0) is 23.8 Å². The standard InChI is InChI=1S/C21H26O6/c1-12-7-13(2)14(3)17(8-12)27-19-10-26-18-9-15(25-11-20(22)24-4)5-6-16(18)21(19)23/h7-8,10,15-16,18H,5-6,9,11H2,1-4H3. The molecule has 27 heavy (non-hydrogen) atoms. The van der Waals surface area contributed by atoms with E-state index < -0.39 is 5.97 Å². The quantitative estimate of drug-likeness (QED) is 0.738. The Kier molecular flexibility index (Phi) is 5.85. The van der Waals surface area contributed by atoms with Crippen molar-refractivity contribution in [2.75, 3.05) is 13.7 Å². The number of allylic oxidation sites excluding steroid dienone is 1. The van der Waals surface area contributed by atoms with Gasteiger partial charge in [0, 0.05) is 6.42 Å². The Morgan fingerprint density at radius 3 is 2.74 bits per heavy atom. The number of esters is 1. The minimum absolute atomic E-state index is 0.0313. The van der Waals surface area contributed by atoms with E-state index in [2.05, 4.69) is 10.8 Å². The molecule has 1 aromatic rings. The zero-order valence-corrected chi connectivity index (χ0v) is 16.2. The third kappa shape index (κ3) is 4.33. The lowest BCUT2D eigenvalue weighted by molar-refractivity contribution is -0.152. The summed E-state index contributed by atoms with van der Waals surface area (Å²) in [6.07, 6.45) is 2.96. The highest BCUT2D eigenvalue weighted by molar-refractivity contribution is 5.96. The Labute approximate surface area is 159 Å². The number of aryl methyl sites for hydroxylation is 2. The molecule has 1 fully saturated rings. The molecule has 3 unspecified atom stereocenters. The van der Waals surface area contributed by atoms with Crippen LogP contribution in [0.2, 0.25) is 0 Å². The first kappa shape index (κ1) is 19.4. The van der Waals surface area contributed by atoms with Crippen molar-refractivity contribution in [1.82, 2.24) is 0 Å². The van der Waals surface area contributed by atoms with Crippen LogP contribution < -0.4 is 4.74 Å². The Hall–Kier alpha value is -2.34. The number of Topliss-reactive ketones (excluding diaryl/α,β-unsaturated/α-hetero) is 1. The van der Waals surface area contributed by atoms with Gasteiger partial charge in [-0.2, -0.15) is 0 Å². The van der Waals surface area contributed by atoms with E-state index >= 15 is 0 Å². The number of rotatable bonds is 5. The molecule has 0 saturated heterocycles. The normalized spacial score (nSPS) is 24.5. The number of ether oxygens (including phenoxy) is 4. The van der Waals surface area contributed by atoms with Crippen molar-refractivity contribution >= 4 is 11.8 Å². The van der Waals surface area contributed by atoms with Crippen molar-refractivity contribution in [3.8, 4) is 5.75 Å². The van der Waals surface area contributed by atoms with Crippen LogP contribution in [0.5, 0.6) is 5.75 Å². The second-order valence-electron chi connectivity index (χ2n) is 7.26. The van der Waals surface area contributed by atoms with Gasteiger partial charge in [-0.1, -0.05) is 6.07 Å². The van der Waals surface area contributed by atoms with Crippen LogP contribution in [0.25, 0.3) is 0 Å². The van der Waals surface area contributed by atoms with Gasteiger partial charge in [0.1, 0.15) is 24.7 Å². The predicted octanol–water partition coefficient (Wildman–Crippen LogP) is 3.16. The molecule has 0 amide bonds. The van der Waals surface area contributed by atoms with E-state index in [1.807, 2.05) is 26.8 Å². The van der Waals surface area contributed by atoms with Crippen LogP contribution in [0.1, 0.15) is 36.0 Å². The first-order valence-electron chi connectivity index (χ1n) is 9.23. The molecule has 6 nitrogen and oxygen atoms in total. The minimum Gasteiger partial charge on any atom is -0.493 e. The van der Waals surface area contributed by atoms with Crippen LogP contribution >= 0.6 is 0 Å². The van der Waals surface area contributed by atoms with Crippen molar-refractivity contribution in [2.24, 2.45) is 5.92 Å². The van der Waals surface area contributed by atoms with Crippen LogP contribution in [0, 0.1) is 26.7 Å². The minimum atomic E-state index is -0.405. The summed E-state index contributed by atoms with van der Waals surface area (Å²) in [5.74, 6) is 0.255. The van der Waals surface area contributed by atoms with Crippen molar-refractivity contribution in [3.63, 3.8) is 0 Å². The molecule has 1 heterocycles. The highest BCUT2D eigenvalue weighted by atomic mass is 16.6. The molecule has 3 rings (SSSR count). The largest absolute Gasteiger partial charge is 0.493 e. The van der Waals surface area contributed by atoms with Gasteiger partial charge in [-0.15, -0.1) is 0 Å². The van der Waals surface area contributed by atoms with Gasteiger partial charge in [0.2, 0.25) is 11.5 Å². The zero-order valence-electron chi connectivity index (χ0n) is 16.2. The topological polar surface area (TPSA) is 71.1 Å². The lowest BCUT2D eigenvalue weighted by Crippen LogP contribution is -2.42. The van der Waals surface area contributed by atoms with Gasteiger partial charge in [0.15, 0.2) is 0 Å². The summed E-state index contributed by atoms with van der Waals surface area (Å²) in [5, 5.41) is 0. The summed E-state index contributed by atoms with van der Waals surface area (Å²) < 4.78 is 21.9. The smallest absolute Gasteiger partial charge is 0.331 e. The molecule has 0 aromatic heterocycles. The maximum Gasteiger partial charge on any atom is 0.331 e. The third-order valence-electron chi connectivity index (χ3n) is 5.32. The van der Waals surface area contributed by atoms with Gasteiger partial charge in [0.05, 0.1) is 19.1 Å². The molecule has 6 heteroatoms. The van der Waals surface area contributed by atoms with Crippen molar-refractivity contribution in [2.45, 2.75) is 52.2 Å². The monoisotopic (exact) mass is 374 g/mol. The zero-order chi connectivity index (χ0) is 19.6. The average molecular weight is 374 g/mol. The predicted molar refractivity (Wildman–Crippen MR) is 98.3 cm³/mol. The lowest BCUT2D eigenvalue weighted by atomic mass is 9.80. The van der Waals surface area contributed by atoms with Crippen LogP contribution in [0.4, 0.5) is 0 Å². The SMILES string of the molecule is COC(=O)COC1CCC2C(=O)C(Oc3cc(C)cc(C)c3C)=COC2C1. The fraction of sp³-hybridized carbons (Fsp3) is 0.524. The summed E-state index contributed by atoms with van der Waals surface area (Å²) in [4.78, 5) is 24.1. The summed E-state index contributed by atoms with van der Waals surface area (Å²) >= 11 is 0. The van der Waals surface area contributed by atoms with Crippen molar-refractivity contribution in [1.29, 1.82) is 0 Å². The number of ketones is 1. The molecule has 0 bridgehead atoms. The fourth-order valence-corrected chi connectivity index (χ4v) is 3.63. The summed E-state index contributed by atoms with van der Waals surface area (Å²) in [6.45, 7) is 5.92. The second kappa shape index (κ2) is 8.13. The van der Waals surface area contributed by atoms with E-state index in [-0.39, 0.29) is 36.3 Å². The molecule has 0 radical (unpaired) electrons. The van der Waals surface area contributed by atoms with Crippen LogP contribution in [0.15, 0.2) is 24.2 Å². The number of carbonyl (C=O) groups excluding carboxylic acids is 2. The molecule has 1 aromatic carbocycles. The van der Waals surface area contributed by atoms with E-state index in [1.54, 1.807) is 0 Å². The molecule has 0 spiro atoms. The molecule has 3 atom stereocenters. The maximum absolute atomic E-state index is 12.9. The van der Waals surface area contributed by atoms with E-state index in [0.717, 1.165) is 16.7 Å². The Morgan fingerprint density at radius 1 is 1.22 bits per heavy atom. The van der Waals surface area contributed by atoms with Gasteiger partial charge in [0.25, 0.3) is 0 Å². The number of benzene rings is 1. The number of hydrogen-bond acceptors (Lipinski definition) is 6. The first-order chi connectivity index (χ1) is 12.9. The molecule has 0 N–H and O–H groups in total. The van der Waals surface area contributed by atoms with E-state index in [1.165, 1.54) is 13.4 Å². The molecule has 2 aliphatic rings. The van der Waals surface area contributed by atoms with Gasteiger partial charge < -0.3 is 18.9 Å². The van der Waals surface area contributed by atoms with Crippen molar-refractivity contribution < 1.29 is 28.5 Å². The summed E-state index contributed by atoms with van der Waals surface area (Å²) in [5.41, 5.74) is 3.21.